The van der Waals surface area contributed by atoms with Crippen LogP contribution < -0.4 is 0 Å². The summed E-state index contributed by atoms with van der Waals surface area (Å²) in [5.74, 6) is -2.46. The molecule has 0 bridgehead atoms. The van der Waals surface area contributed by atoms with E-state index < -0.39 is 23.2 Å². The molecule has 0 aromatic heterocycles. The highest BCUT2D eigenvalue weighted by atomic mass is 16.5. The third-order valence-corrected chi connectivity index (χ3v) is 2.97. The number of rotatable bonds is 4. The lowest BCUT2D eigenvalue weighted by Crippen LogP contribution is -2.08. The second-order valence-corrected chi connectivity index (χ2v) is 4.52. The van der Waals surface area contributed by atoms with E-state index in [9.17, 15) is 20.1 Å². The molecule has 0 radical (unpaired) electrons. The monoisotopic (exact) mass is 288 g/mol. The fourth-order valence-corrected chi connectivity index (χ4v) is 1.98. The molecular weight excluding hydrogens is 272 g/mol. The summed E-state index contributed by atoms with van der Waals surface area (Å²) in [5, 5.41) is 29.4. The summed E-state index contributed by atoms with van der Waals surface area (Å²) >= 11 is 0. The number of carbonyl (C=O) groups is 1. The molecule has 2 rings (SSSR count). The Balaban J connectivity index is 2.61. The number of phenols is 3. The van der Waals surface area contributed by atoms with Crippen molar-refractivity contribution in [3.8, 4) is 28.4 Å². The second kappa shape index (κ2) is 6.17. The topological polar surface area (TPSA) is 87.0 Å². The molecule has 5 heteroatoms. The molecule has 110 valence electrons. The van der Waals surface area contributed by atoms with Gasteiger partial charge in [-0.05, 0) is 18.1 Å². The van der Waals surface area contributed by atoms with Crippen molar-refractivity contribution in [1.29, 1.82) is 0 Å². The van der Waals surface area contributed by atoms with Crippen LogP contribution in [0.15, 0.2) is 36.4 Å². The van der Waals surface area contributed by atoms with Crippen LogP contribution in [0.2, 0.25) is 0 Å². The Labute approximate surface area is 122 Å². The number of esters is 1. The van der Waals surface area contributed by atoms with Gasteiger partial charge in [0.1, 0.15) is 0 Å². The number of hydrogen-bond acceptors (Lipinski definition) is 5. The molecule has 0 fully saturated rings. The Morgan fingerprint density at radius 2 is 1.76 bits per heavy atom. The zero-order chi connectivity index (χ0) is 15.4. The van der Waals surface area contributed by atoms with Gasteiger partial charge in [-0.25, -0.2) is 4.79 Å². The lowest BCUT2D eigenvalue weighted by molar-refractivity contribution is 0.0505. The SMILES string of the molecule is CCCOC(=O)c1cc(O)c(O)c(O)c1-c1ccccc1. The van der Waals surface area contributed by atoms with Crippen LogP contribution in [-0.2, 0) is 4.74 Å². The minimum absolute atomic E-state index is 0.00227. The lowest BCUT2D eigenvalue weighted by atomic mass is 9.97. The van der Waals surface area contributed by atoms with E-state index in [4.69, 9.17) is 4.74 Å². The number of benzene rings is 2. The normalized spacial score (nSPS) is 10.3. The first-order valence-electron chi connectivity index (χ1n) is 6.56. The van der Waals surface area contributed by atoms with Crippen LogP contribution in [0.25, 0.3) is 11.1 Å². The smallest absolute Gasteiger partial charge is 0.339 e. The van der Waals surface area contributed by atoms with Crippen LogP contribution >= 0.6 is 0 Å². The number of ether oxygens (including phenoxy) is 1. The quantitative estimate of drug-likeness (QED) is 0.594. The van der Waals surface area contributed by atoms with E-state index in [0.29, 0.717) is 12.0 Å². The first-order valence-corrected chi connectivity index (χ1v) is 6.56. The van der Waals surface area contributed by atoms with Gasteiger partial charge in [0.05, 0.1) is 12.2 Å². The van der Waals surface area contributed by atoms with Crippen molar-refractivity contribution in [3.05, 3.63) is 42.0 Å². The van der Waals surface area contributed by atoms with Gasteiger partial charge in [-0.2, -0.15) is 0 Å². The van der Waals surface area contributed by atoms with E-state index in [1.807, 2.05) is 6.92 Å². The van der Waals surface area contributed by atoms with Gasteiger partial charge in [-0.15, -0.1) is 0 Å². The minimum atomic E-state index is -0.666. The minimum Gasteiger partial charge on any atom is -0.504 e. The van der Waals surface area contributed by atoms with Gasteiger partial charge in [-0.3, -0.25) is 0 Å². The molecule has 0 unspecified atom stereocenters. The summed E-state index contributed by atoms with van der Waals surface area (Å²) in [7, 11) is 0. The van der Waals surface area contributed by atoms with Crippen molar-refractivity contribution >= 4 is 5.97 Å². The highest BCUT2D eigenvalue weighted by Crippen LogP contribution is 2.44. The second-order valence-electron chi connectivity index (χ2n) is 4.52. The summed E-state index contributed by atoms with van der Waals surface area (Å²) in [6.07, 6.45) is 0.655. The third-order valence-electron chi connectivity index (χ3n) is 2.97. The molecule has 0 aliphatic heterocycles. The van der Waals surface area contributed by atoms with E-state index in [2.05, 4.69) is 0 Å². The van der Waals surface area contributed by atoms with E-state index >= 15 is 0 Å². The van der Waals surface area contributed by atoms with Gasteiger partial charge >= 0.3 is 5.97 Å². The number of aromatic hydroxyl groups is 3. The Kier molecular flexibility index (Phi) is 4.33. The molecule has 0 saturated carbocycles. The van der Waals surface area contributed by atoms with Crippen LogP contribution in [0.4, 0.5) is 0 Å². The van der Waals surface area contributed by atoms with Gasteiger partial charge in [0, 0.05) is 5.56 Å². The summed E-state index contributed by atoms with van der Waals surface area (Å²) in [4.78, 5) is 12.1. The summed E-state index contributed by atoms with van der Waals surface area (Å²) in [6.45, 7) is 2.09. The predicted octanol–water partition coefficient (Wildman–Crippen LogP) is 3.04. The van der Waals surface area contributed by atoms with Gasteiger partial charge in [0.25, 0.3) is 0 Å². The van der Waals surface area contributed by atoms with Gasteiger partial charge in [-0.1, -0.05) is 37.3 Å². The summed E-state index contributed by atoms with van der Waals surface area (Å²) in [5.41, 5.74) is 0.670. The highest BCUT2D eigenvalue weighted by Gasteiger charge is 2.23. The number of carbonyl (C=O) groups excluding carboxylic acids is 1. The largest absolute Gasteiger partial charge is 0.504 e. The van der Waals surface area contributed by atoms with E-state index in [1.54, 1.807) is 30.3 Å². The standard InChI is InChI=1S/C16H16O5/c1-2-8-21-16(20)11-9-12(17)14(18)15(19)13(11)10-6-4-3-5-7-10/h3-7,9,17-19H,2,8H2,1H3. The van der Waals surface area contributed by atoms with Crippen LogP contribution in [-0.4, -0.2) is 27.9 Å². The van der Waals surface area contributed by atoms with Gasteiger partial charge < -0.3 is 20.1 Å². The molecule has 0 aliphatic carbocycles. The maximum absolute atomic E-state index is 12.1. The number of hydrogen-bond donors (Lipinski definition) is 3. The lowest BCUT2D eigenvalue weighted by Gasteiger charge is -2.13. The average Bonchev–Trinajstić information content (AvgIpc) is 2.50. The Hall–Kier alpha value is -2.69. The molecule has 5 nitrogen and oxygen atoms in total. The van der Waals surface area contributed by atoms with Crippen LogP contribution in [0.1, 0.15) is 23.7 Å². The first kappa shape index (κ1) is 14.7. The summed E-state index contributed by atoms with van der Waals surface area (Å²) < 4.78 is 5.05. The van der Waals surface area contributed by atoms with Crippen LogP contribution in [0.3, 0.4) is 0 Å². The fourth-order valence-electron chi connectivity index (χ4n) is 1.98. The number of phenolic OH excluding ortho intramolecular Hbond substituents is 3. The first-order chi connectivity index (χ1) is 10.1. The molecule has 2 aromatic carbocycles. The fraction of sp³-hybridized carbons (Fsp3) is 0.188. The van der Waals surface area contributed by atoms with Gasteiger partial charge in [0.15, 0.2) is 11.5 Å². The molecule has 0 heterocycles. The van der Waals surface area contributed by atoms with E-state index in [-0.39, 0.29) is 17.7 Å². The molecule has 3 N–H and O–H groups in total. The molecule has 0 atom stereocenters. The van der Waals surface area contributed by atoms with Crippen molar-refractivity contribution < 1.29 is 24.9 Å². The highest BCUT2D eigenvalue weighted by molar-refractivity contribution is 6.00. The van der Waals surface area contributed by atoms with Crippen molar-refractivity contribution in [2.45, 2.75) is 13.3 Å². The third kappa shape index (κ3) is 2.91. The Morgan fingerprint density at radius 3 is 2.38 bits per heavy atom. The van der Waals surface area contributed by atoms with Gasteiger partial charge in [0.2, 0.25) is 5.75 Å². The Morgan fingerprint density at radius 1 is 1.10 bits per heavy atom. The zero-order valence-corrected chi connectivity index (χ0v) is 11.5. The van der Waals surface area contributed by atoms with Crippen LogP contribution in [0.5, 0.6) is 17.2 Å². The van der Waals surface area contributed by atoms with Crippen molar-refractivity contribution in [3.63, 3.8) is 0 Å². The average molecular weight is 288 g/mol. The predicted molar refractivity (Wildman–Crippen MR) is 77.4 cm³/mol. The maximum Gasteiger partial charge on any atom is 0.339 e. The molecule has 0 aliphatic rings. The molecular formula is C16H16O5. The molecule has 2 aromatic rings. The molecule has 0 saturated heterocycles. The van der Waals surface area contributed by atoms with E-state index in [1.165, 1.54) is 0 Å². The molecule has 0 spiro atoms. The van der Waals surface area contributed by atoms with Crippen molar-refractivity contribution in [2.75, 3.05) is 6.61 Å². The Bertz CT molecular complexity index is 649. The van der Waals surface area contributed by atoms with E-state index in [0.717, 1.165) is 6.07 Å². The zero-order valence-electron chi connectivity index (χ0n) is 11.5. The van der Waals surface area contributed by atoms with Crippen molar-refractivity contribution in [2.24, 2.45) is 0 Å². The van der Waals surface area contributed by atoms with Crippen LogP contribution in [0, 0.1) is 0 Å². The van der Waals surface area contributed by atoms with Crippen molar-refractivity contribution in [1.82, 2.24) is 0 Å². The molecule has 0 amide bonds. The summed E-state index contributed by atoms with van der Waals surface area (Å²) in [6, 6.07) is 9.72. The maximum atomic E-state index is 12.1. The molecule has 21 heavy (non-hydrogen) atoms.